The summed E-state index contributed by atoms with van der Waals surface area (Å²) >= 11 is 0. The van der Waals surface area contributed by atoms with Crippen molar-refractivity contribution < 1.29 is 4.74 Å². The first-order valence-corrected chi connectivity index (χ1v) is 11.8. The molecule has 4 rings (SSSR count). The SMILES string of the molecule is COc1ccc(N2CCN(CCCNc3c(-c4ccc(C(C)C)cc4)c(=O)c3=O)CC2)cc1. The van der Waals surface area contributed by atoms with Gasteiger partial charge < -0.3 is 15.0 Å². The van der Waals surface area contributed by atoms with Gasteiger partial charge in [0.2, 0.25) is 10.9 Å². The molecule has 0 atom stereocenters. The Bertz CT molecular complexity index is 1120. The van der Waals surface area contributed by atoms with Crippen molar-refractivity contribution in [3.05, 3.63) is 74.5 Å². The highest BCUT2D eigenvalue weighted by molar-refractivity contribution is 5.81. The number of hydrogen-bond acceptors (Lipinski definition) is 6. The van der Waals surface area contributed by atoms with Crippen LogP contribution in [0, 0.1) is 0 Å². The number of nitrogens with zero attached hydrogens (tertiary/aromatic N) is 2. The minimum atomic E-state index is -0.397. The maximum Gasteiger partial charge on any atom is 0.250 e. The number of rotatable bonds is 9. The van der Waals surface area contributed by atoms with E-state index in [-0.39, 0.29) is 5.43 Å². The van der Waals surface area contributed by atoms with Gasteiger partial charge in [0.15, 0.2) is 0 Å². The third kappa shape index (κ3) is 5.11. The molecule has 33 heavy (non-hydrogen) atoms. The smallest absolute Gasteiger partial charge is 0.250 e. The van der Waals surface area contributed by atoms with Gasteiger partial charge in [0.1, 0.15) is 5.75 Å². The summed E-state index contributed by atoms with van der Waals surface area (Å²) in [6.45, 7) is 9.94. The summed E-state index contributed by atoms with van der Waals surface area (Å²) in [5.74, 6) is 1.31. The molecule has 3 aromatic carbocycles. The lowest BCUT2D eigenvalue weighted by Gasteiger charge is -2.36. The van der Waals surface area contributed by atoms with Crippen molar-refractivity contribution in [3.8, 4) is 16.9 Å². The molecule has 0 spiro atoms. The largest absolute Gasteiger partial charge is 0.497 e. The van der Waals surface area contributed by atoms with Gasteiger partial charge in [-0.15, -0.1) is 0 Å². The first-order chi connectivity index (χ1) is 16.0. The molecule has 6 nitrogen and oxygen atoms in total. The van der Waals surface area contributed by atoms with Crippen molar-refractivity contribution in [1.82, 2.24) is 4.90 Å². The van der Waals surface area contributed by atoms with E-state index in [1.807, 2.05) is 36.4 Å². The number of nitrogens with one attached hydrogen (secondary N) is 1. The Kier molecular flexibility index (Phi) is 7.14. The van der Waals surface area contributed by atoms with E-state index >= 15 is 0 Å². The van der Waals surface area contributed by atoms with Crippen molar-refractivity contribution >= 4 is 11.4 Å². The predicted octanol–water partition coefficient (Wildman–Crippen LogP) is 3.71. The average Bonchev–Trinajstić information content (AvgIpc) is 2.86. The lowest BCUT2D eigenvalue weighted by Crippen LogP contribution is -2.46. The minimum absolute atomic E-state index is 0.385. The molecule has 174 valence electrons. The van der Waals surface area contributed by atoms with Gasteiger partial charge in [-0.1, -0.05) is 38.1 Å². The molecule has 0 radical (unpaired) electrons. The molecule has 1 heterocycles. The molecule has 1 fully saturated rings. The van der Waals surface area contributed by atoms with Crippen molar-refractivity contribution in [2.75, 3.05) is 56.6 Å². The van der Waals surface area contributed by atoms with Crippen LogP contribution in [-0.4, -0.2) is 51.3 Å². The predicted molar refractivity (Wildman–Crippen MR) is 136 cm³/mol. The van der Waals surface area contributed by atoms with Crippen LogP contribution >= 0.6 is 0 Å². The molecule has 0 aliphatic carbocycles. The zero-order valence-electron chi connectivity index (χ0n) is 19.8. The first-order valence-electron chi connectivity index (χ1n) is 11.8. The highest BCUT2D eigenvalue weighted by Gasteiger charge is 2.22. The number of hydrogen-bond donors (Lipinski definition) is 1. The van der Waals surface area contributed by atoms with Crippen molar-refractivity contribution in [2.45, 2.75) is 26.2 Å². The molecule has 0 bridgehead atoms. The fourth-order valence-corrected chi connectivity index (χ4v) is 4.41. The highest BCUT2D eigenvalue weighted by atomic mass is 16.5. The monoisotopic (exact) mass is 447 g/mol. The fourth-order valence-electron chi connectivity index (χ4n) is 4.41. The molecule has 0 aromatic heterocycles. The maximum absolute atomic E-state index is 12.2. The Morgan fingerprint density at radius 1 is 0.909 bits per heavy atom. The van der Waals surface area contributed by atoms with E-state index in [1.165, 1.54) is 11.3 Å². The van der Waals surface area contributed by atoms with E-state index in [4.69, 9.17) is 4.74 Å². The summed E-state index contributed by atoms with van der Waals surface area (Å²) in [6, 6.07) is 16.2. The molecule has 0 unspecified atom stereocenters. The number of anilines is 2. The quantitative estimate of drug-likeness (QED) is 0.399. The van der Waals surface area contributed by atoms with Gasteiger partial charge in [-0.05, 0) is 54.3 Å². The van der Waals surface area contributed by atoms with Crippen LogP contribution in [0.4, 0.5) is 11.4 Å². The van der Waals surface area contributed by atoms with E-state index in [2.05, 4.69) is 41.1 Å². The van der Waals surface area contributed by atoms with E-state index < -0.39 is 5.43 Å². The second kappa shape index (κ2) is 10.2. The summed E-state index contributed by atoms with van der Waals surface area (Å²) in [6.07, 6.45) is 0.924. The van der Waals surface area contributed by atoms with Crippen molar-refractivity contribution in [3.63, 3.8) is 0 Å². The topological polar surface area (TPSA) is 61.9 Å². The molecule has 3 aromatic rings. The number of benzene rings is 2. The summed E-state index contributed by atoms with van der Waals surface area (Å²) < 4.78 is 5.24. The Morgan fingerprint density at radius 3 is 2.18 bits per heavy atom. The molecular formula is C27H33N3O3. The Balaban J connectivity index is 1.24. The number of methoxy groups -OCH3 is 1. The minimum Gasteiger partial charge on any atom is -0.497 e. The second-order valence-electron chi connectivity index (χ2n) is 8.99. The fraction of sp³-hybridized carbons (Fsp3) is 0.407. The molecule has 1 N–H and O–H groups in total. The standard InChI is InChI=1S/C27H33N3O3/c1-19(2)20-5-7-21(8-6-20)24-25(27(32)26(24)31)28-13-4-14-29-15-17-30(18-16-29)22-9-11-23(33-3)12-10-22/h5-12,19,28H,4,13-18H2,1-3H3. The second-order valence-corrected chi connectivity index (χ2v) is 8.99. The van der Waals surface area contributed by atoms with Gasteiger partial charge in [0, 0.05) is 38.4 Å². The molecular weight excluding hydrogens is 414 g/mol. The zero-order valence-corrected chi connectivity index (χ0v) is 19.8. The van der Waals surface area contributed by atoms with E-state index in [1.54, 1.807) is 7.11 Å². The van der Waals surface area contributed by atoms with Crippen LogP contribution in [0.15, 0.2) is 58.1 Å². The summed E-state index contributed by atoms with van der Waals surface area (Å²) in [5.41, 5.74) is 3.49. The van der Waals surface area contributed by atoms with Gasteiger partial charge in [-0.25, -0.2) is 0 Å². The van der Waals surface area contributed by atoms with E-state index in [9.17, 15) is 9.59 Å². The third-order valence-electron chi connectivity index (χ3n) is 6.54. The van der Waals surface area contributed by atoms with Gasteiger partial charge >= 0.3 is 0 Å². The summed E-state index contributed by atoms with van der Waals surface area (Å²) in [4.78, 5) is 29.2. The molecule has 0 saturated carbocycles. The van der Waals surface area contributed by atoms with E-state index in [0.29, 0.717) is 23.7 Å². The Labute approximate surface area is 195 Å². The zero-order chi connectivity index (χ0) is 23.4. The number of piperazine rings is 1. The van der Waals surface area contributed by atoms with Crippen molar-refractivity contribution in [1.29, 1.82) is 0 Å². The van der Waals surface area contributed by atoms with Crippen LogP contribution in [0.1, 0.15) is 31.7 Å². The normalized spacial score (nSPS) is 14.7. The van der Waals surface area contributed by atoms with Crippen LogP contribution < -0.4 is 25.8 Å². The molecule has 1 aliphatic heterocycles. The molecule has 1 aliphatic rings. The molecule has 1 saturated heterocycles. The van der Waals surface area contributed by atoms with E-state index in [0.717, 1.165) is 50.5 Å². The van der Waals surface area contributed by atoms with Crippen LogP contribution in [0.25, 0.3) is 11.1 Å². The summed E-state index contributed by atoms with van der Waals surface area (Å²) in [5, 5.41) is 3.23. The average molecular weight is 448 g/mol. The first kappa shape index (κ1) is 23.1. The van der Waals surface area contributed by atoms with Gasteiger partial charge in [0.05, 0.1) is 18.4 Å². The third-order valence-corrected chi connectivity index (χ3v) is 6.54. The lowest BCUT2D eigenvalue weighted by atomic mass is 9.95. The van der Waals surface area contributed by atoms with Crippen LogP contribution in [0.2, 0.25) is 0 Å². The van der Waals surface area contributed by atoms with Gasteiger partial charge in [-0.3, -0.25) is 14.5 Å². The highest BCUT2D eigenvalue weighted by Crippen LogP contribution is 2.26. The van der Waals surface area contributed by atoms with Crippen LogP contribution in [0.3, 0.4) is 0 Å². The number of ether oxygens (including phenoxy) is 1. The Hall–Kier alpha value is -3.12. The molecule has 6 heteroatoms. The lowest BCUT2D eigenvalue weighted by molar-refractivity contribution is 0.257. The van der Waals surface area contributed by atoms with Crippen molar-refractivity contribution in [2.24, 2.45) is 0 Å². The maximum atomic E-state index is 12.2. The van der Waals surface area contributed by atoms with Crippen LogP contribution in [-0.2, 0) is 0 Å². The van der Waals surface area contributed by atoms with Crippen LogP contribution in [0.5, 0.6) is 5.75 Å². The Morgan fingerprint density at radius 2 is 1.58 bits per heavy atom. The summed E-state index contributed by atoms with van der Waals surface area (Å²) in [7, 11) is 1.68. The molecule has 0 amide bonds. The van der Waals surface area contributed by atoms with Gasteiger partial charge in [0.25, 0.3) is 0 Å². The van der Waals surface area contributed by atoms with Gasteiger partial charge in [-0.2, -0.15) is 0 Å².